The highest BCUT2D eigenvalue weighted by Crippen LogP contribution is 2.35. The fraction of sp³-hybridized carbons (Fsp3) is 0.500. The lowest BCUT2D eigenvalue weighted by atomic mass is 10.0. The standard InChI is InChI=1S/C20H26N4O.2C2HF3O2/c1-15-4-2-5-18(23-15)14-24-10-11-25-20-16(7-8-19(20)24)12-22-17-6-3-9-21-13-17;2*3-2(4,5)1(6)7/h2-6,9,13,16,19-20,22H,7-8,10-12,14H2,1H3;2*(H,6,7). The topological polar surface area (TPSA) is 125 Å². The van der Waals surface area contributed by atoms with Crippen molar-refractivity contribution in [1.82, 2.24) is 14.9 Å². The Bertz CT molecular complexity index is 1050. The van der Waals surface area contributed by atoms with E-state index in [0.29, 0.717) is 18.1 Å². The highest BCUT2D eigenvalue weighted by molar-refractivity contribution is 5.73. The number of hydrogen-bond acceptors (Lipinski definition) is 7. The average Bonchev–Trinajstić information content (AvgIpc) is 3.27. The normalized spacial score (nSPS) is 20.9. The summed E-state index contributed by atoms with van der Waals surface area (Å²) in [6.07, 6.45) is -3.75. The van der Waals surface area contributed by atoms with Crippen molar-refractivity contribution in [1.29, 1.82) is 0 Å². The van der Waals surface area contributed by atoms with Crippen LogP contribution in [0, 0.1) is 12.8 Å². The van der Waals surface area contributed by atoms with E-state index in [1.807, 2.05) is 12.3 Å². The fourth-order valence-electron chi connectivity index (χ4n) is 4.16. The van der Waals surface area contributed by atoms with E-state index in [1.54, 1.807) is 6.20 Å². The van der Waals surface area contributed by atoms with E-state index < -0.39 is 24.3 Å². The first-order chi connectivity index (χ1) is 18.2. The molecule has 9 nitrogen and oxygen atoms in total. The molecule has 2 fully saturated rings. The maximum absolute atomic E-state index is 10.6. The number of aromatic nitrogens is 2. The van der Waals surface area contributed by atoms with Gasteiger partial charge in [-0.3, -0.25) is 14.9 Å². The monoisotopic (exact) mass is 566 g/mol. The van der Waals surface area contributed by atoms with E-state index in [9.17, 15) is 26.3 Å². The molecule has 2 aromatic heterocycles. The summed E-state index contributed by atoms with van der Waals surface area (Å²) < 4.78 is 69.6. The van der Waals surface area contributed by atoms with Gasteiger partial charge in [0.1, 0.15) is 0 Å². The van der Waals surface area contributed by atoms with Gasteiger partial charge in [0, 0.05) is 49.7 Å². The Morgan fingerprint density at radius 2 is 1.69 bits per heavy atom. The molecule has 4 rings (SSSR count). The Morgan fingerprint density at radius 3 is 2.23 bits per heavy atom. The first kappa shape index (κ1) is 31.8. The predicted octanol–water partition coefficient (Wildman–Crippen LogP) is 4.14. The molecule has 39 heavy (non-hydrogen) atoms. The summed E-state index contributed by atoms with van der Waals surface area (Å²) in [7, 11) is 0. The molecular weight excluding hydrogens is 538 g/mol. The molecule has 2 aromatic rings. The van der Waals surface area contributed by atoms with Crippen molar-refractivity contribution >= 4 is 17.6 Å². The van der Waals surface area contributed by atoms with E-state index in [2.05, 4.69) is 51.4 Å². The SMILES string of the molecule is Cc1cccc(CN2CCOC3C(CNc4cccnc4)CCC32)n1.O=C(O)C(F)(F)F.O=C(O)C(F)(F)F. The fourth-order valence-corrected chi connectivity index (χ4v) is 4.16. The minimum Gasteiger partial charge on any atom is -0.475 e. The number of pyridine rings is 2. The number of aliphatic carboxylic acids is 2. The Morgan fingerprint density at radius 1 is 1.05 bits per heavy atom. The van der Waals surface area contributed by atoms with Gasteiger partial charge in [-0.1, -0.05) is 6.07 Å². The molecule has 1 aliphatic heterocycles. The molecule has 0 bridgehead atoms. The van der Waals surface area contributed by atoms with Crippen molar-refractivity contribution in [2.75, 3.05) is 25.0 Å². The Hall–Kier alpha value is -3.46. The van der Waals surface area contributed by atoms with Crippen LogP contribution < -0.4 is 5.32 Å². The van der Waals surface area contributed by atoms with Gasteiger partial charge in [-0.2, -0.15) is 26.3 Å². The van der Waals surface area contributed by atoms with Crippen LogP contribution in [0.5, 0.6) is 0 Å². The maximum atomic E-state index is 10.6. The second-order valence-corrected chi connectivity index (χ2v) is 8.71. The van der Waals surface area contributed by atoms with Crippen molar-refractivity contribution in [2.45, 2.75) is 50.8 Å². The number of aryl methyl sites for hydroxylation is 1. The molecule has 3 unspecified atom stereocenters. The summed E-state index contributed by atoms with van der Waals surface area (Å²) in [6, 6.07) is 10.8. The van der Waals surface area contributed by atoms with E-state index in [0.717, 1.165) is 43.3 Å². The number of anilines is 1. The molecule has 216 valence electrons. The quantitative estimate of drug-likeness (QED) is 0.458. The molecule has 1 saturated heterocycles. The van der Waals surface area contributed by atoms with Crippen LogP contribution in [-0.2, 0) is 20.9 Å². The minimum absolute atomic E-state index is 0.322. The molecule has 0 radical (unpaired) electrons. The number of carboxylic acids is 2. The van der Waals surface area contributed by atoms with Gasteiger partial charge in [-0.25, -0.2) is 9.59 Å². The first-order valence-electron chi connectivity index (χ1n) is 11.7. The third kappa shape index (κ3) is 10.7. The molecule has 1 saturated carbocycles. The van der Waals surface area contributed by atoms with Gasteiger partial charge < -0.3 is 20.3 Å². The summed E-state index contributed by atoms with van der Waals surface area (Å²) in [5, 5.41) is 17.8. The van der Waals surface area contributed by atoms with Crippen LogP contribution in [0.1, 0.15) is 24.2 Å². The number of hydrogen-bond donors (Lipinski definition) is 3. The molecule has 15 heteroatoms. The zero-order chi connectivity index (χ0) is 29.2. The number of fused-ring (bicyclic) bond motifs is 1. The highest BCUT2D eigenvalue weighted by Gasteiger charge is 2.42. The summed E-state index contributed by atoms with van der Waals surface area (Å²) in [5.74, 6) is -4.96. The van der Waals surface area contributed by atoms with Gasteiger partial charge in [0.15, 0.2) is 0 Å². The molecule has 1 aliphatic carbocycles. The van der Waals surface area contributed by atoms with Crippen molar-refractivity contribution < 1.29 is 50.9 Å². The Labute approximate surface area is 219 Å². The lowest BCUT2D eigenvalue weighted by Crippen LogP contribution is -2.50. The van der Waals surface area contributed by atoms with Gasteiger partial charge in [-0.15, -0.1) is 0 Å². The predicted molar refractivity (Wildman–Crippen MR) is 126 cm³/mol. The summed E-state index contributed by atoms with van der Waals surface area (Å²) in [4.78, 5) is 29.2. The largest absolute Gasteiger partial charge is 0.490 e. The van der Waals surface area contributed by atoms with Gasteiger partial charge >= 0.3 is 24.3 Å². The number of carbonyl (C=O) groups is 2. The van der Waals surface area contributed by atoms with Crippen molar-refractivity contribution in [2.24, 2.45) is 5.92 Å². The van der Waals surface area contributed by atoms with Gasteiger partial charge in [0.25, 0.3) is 0 Å². The van der Waals surface area contributed by atoms with Crippen molar-refractivity contribution in [3.63, 3.8) is 0 Å². The van der Waals surface area contributed by atoms with Crippen molar-refractivity contribution in [3.8, 4) is 0 Å². The smallest absolute Gasteiger partial charge is 0.475 e. The highest BCUT2D eigenvalue weighted by atomic mass is 19.4. The Balaban J connectivity index is 0.000000317. The van der Waals surface area contributed by atoms with E-state index in [-0.39, 0.29) is 0 Å². The van der Waals surface area contributed by atoms with E-state index in [1.165, 1.54) is 12.8 Å². The molecule has 3 heterocycles. The second-order valence-electron chi connectivity index (χ2n) is 8.71. The maximum Gasteiger partial charge on any atom is 0.490 e. The number of alkyl halides is 6. The van der Waals surface area contributed by atoms with Crippen LogP contribution in [0.25, 0.3) is 0 Å². The van der Waals surface area contributed by atoms with Crippen LogP contribution in [-0.4, -0.2) is 81.2 Å². The summed E-state index contributed by atoms with van der Waals surface area (Å²) in [5.41, 5.74) is 3.34. The van der Waals surface area contributed by atoms with Crippen molar-refractivity contribution in [3.05, 3.63) is 54.1 Å². The molecule has 0 amide bonds. The number of halogens is 6. The van der Waals surface area contributed by atoms with E-state index in [4.69, 9.17) is 24.5 Å². The second kappa shape index (κ2) is 14.1. The molecule has 0 spiro atoms. The summed E-state index contributed by atoms with van der Waals surface area (Å²) >= 11 is 0. The average molecular weight is 566 g/mol. The summed E-state index contributed by atoms with van der Waals surface area (Å²) in [6.45, 7) is 5.75. The molecular formula is C24H28F6N4O5. The zero-order valence-electron chi connectivity index (χ0n) is 20.7. The third-order valence-corrected chi connectivity index (χ3v) is 5.86. The van der Waals surface area contributed by atoms with Gasteiger partial charge in [0.05, 0.1) is 24.1 Å². The molecule has 3 atom stereocenters. The van der Waals surface area contributed by atoms with Crippen LogP contribution in [0.2, 0.25) is 0 Å². The lowest BCUT2D eigenvalue weighted by molar-refractivity contribution is -0.193. The van der Waals surface area contributed by atoms with Crippen LogP contribution in [0.15, 0.2) is 42.7 Å². The minimum atomic E-state index is -5.08. The van der Waals surface area contributed by atoms with Crippen LogP contribution in [0.4, 0.5) is 32.0 Å². The molecule has 2 aliphatic rings. The number of ether oxygens (including phenoxy) is 1. The molecule has 3 N–H and O–H groups in total. The van der Waals surface area contributed by atoms with Gasteiger partial charge in [0.2, 0.25) is 0 Å². The number of carboxylic acid groups (broad SMARTS) is 2. The molecule has 0 aromatic carbocycles. The number of nitrogens with zero attached hydrogens (tertiary/aromatic N) is 3. The van der Waals surface area contributed by atoms with Gasteiger partial charge in [-0.05, 0) is 44.0 Å². The number of rotatable bonds is 5. The van der Waals surface area contributed by atoms with E-state index >= 15 is 0 Å². The Kier molecular flexibility index (Phi) is 11.5. The lowest BCUT2D eigenvalue weighted by Gasteiger charge is -2.39. The zero-order valence-corrected chi connectivity index (χ0v) is 20.7. The number of morpholine rings is 1. The first-order valence-corrected chi connectivity index (χ1v) is 11.7. The van der Waals surface area contributed by atoms with Crippen LogP contribution >= 0.6 is 0 Å². The third-order valence-electron chi connectivity index (χ3n) is 5.86. The van der Waals surface area contributed by atoms with Crippen LogP contribution in [0.3, 0.4) is 0 Å². The number of nitrogens with one attached hydrogen (secondary N) is 1.